The van der Waals surface area contributed by atoms with Crippen molar-refractivity contribution < 1.29 is 4.79 Å². The number of aromatic nitrogens is 1. The number of pyridine rings is 1. The molecule has 1 saturated heterocycles. The molecule has 0 spiro atoms. The van der Waals surface area contributed by atoms with Crippen molar-refractivity contribution in [2.24, 2.45) is 5.92 Å². The maximum atomic E-state index is 12.3. The van der Waals surface area contributed by atoms with Crippen molar-refractivity contribution >= 4 is 39.5 Å². The zero-order chi connectivity index (χ0) is 16.1. The number of nitrogens with one attached hydrogen (secondary N) is 1. The number of amides is 2. The van der Waals surface area contributed by atoms with Crippen molar-refractivity contribution in [3.8, 4) is 0 Å². The number of benzene rings is 1. The van der Waals surface area contributed by atoms with Gasteiger partial charge < -0.3 is 4.90 Å². The highest BCUT2D eigenvalue weighted by atomic mass is 79.9. The monoisotopic (exact) mass is 391 g/mol. The molecule has 6 heteroatoms. The molecule has 2 heterocycles. The fraction of sp³-hybridized carbons (Fsp3) is 0.294. The normalized spacial score (nSPS) is 17.3. The van der Waals surface area contributed by atoms with Crippen LogP contribution in [0.2, 0.25) is 0 Å². The predicted molar refractivity (Wildman–Crippen MR) is 97.8 cm³/mol. The van der Waals surface area contributed by atoms with E-state index in [9.17, 15) is 4.79 Å². The lowest BCUT2D eigenvalue weighted by Gasteiger charge is -2.17. The van der Waals surface area contributed by atoms with Crippen molar-refractivity contribution in [1.82, 2.24) is 9.88 Å². The Labute approximate surface area is 148 Å². The Bertz CT molecular complexity index is 668. The van der Waals surface area contributed by atoms with E-state index in [-0.39, 0.29) is 6.03 Å². The molecule has 120 valence electrons. The quantitative estimate of drug-likeness (QED) is 0.616. The van der Waals surface area contributed by atoms with Crippen LogP contribution in [-0.2, 0) is 0 Å². The van der Waals surface area contributed by atoms with Crippen LogP contribution in [-0.4, -0.2) is 34.8 Å². The standard InChI is InChI=1S/C17H18BrN3OS/c18-15-7-4-8-16(19-15)20-17(22)21-10-9-13(11-21)12-23-14-5-2-1-3-6-14/h1-8,13H,9-12H2,(H,19,20,22)/t13-/m0/s1. The van der Waals surface area contributed by atoms with Crippen molar-refractivity contribution in [2.45, 2.75) is 11.3 Å². The molecule has 23 heavy (non-hydrogen) atoms. The second kappa shape index (κ2) is 7.84. The Kier molecular flexibility index (Phi) is 5.56. The fourth-order valence-electron chi connectivity index (χ4n) is 2.55. The van der Waals surface area contributed by atoms with Gasteiger partial charge in [-0.15, -0.1) is 11.8 Å². The Balaban J connectivity index is 1.48. The molecular formula is C17H18BrN3OS. The number of thioether (sulfide) groups is 1. The molecule has 0 aliphatic carbocycles. The minimum Gasteiger partial charge on any atom is -0.324 e. The number of hydrogen-bond acceptors (Lipinski definition) is 3. The van der Waals surface area contributed by atoms with Crippen LogP contribution in [0.4, 0.5) is 10.6 Å². The van der Waals surface area contributed by atoms with Crippen LogP contribution in [0.5, 0.6) is 0 Å². The SMILES string of the molecule is O=C(Nc1cccc(Br)n1)N1CC[C@H](CSc2ccccc2)C1. The first-order valence-corrected chi connectivity index (χ1v) is 9.35. The number of halogens is 1. The first-order valence-electron chi connectivity index (χ1n) is 7.57. The molecule has 0 bridgehead atoms. The summed E-state index contributed by atoms with van der Waals surface area (Å²) in [6.45, 7) is 1.61. The fourth-order valence-corrected chi connectivity index (χ4v) is 3.94. The maximum absolute atomic E-state index is 12.3. The number of carbonyl (C=O) groups excluding carboxylic acids is 1. The van der Waals surface area contributed by atoms with Gasteiger partial charge in [-0.25, -0.2) is 9.78 Å². The van der Waals surface area contributed by atoms with Gasteiger partial charge in [-0.1, -0.05) is 24.3 Å². The largest absolute Gasteiger partial charge is 0.324 e. The number of likely N-dealkylation sites (tertiary alicyclic amines) is 1. The molecule has 4 nitrogen and oxygen atoms in total. The van der Waals surface area contributed by atoms with Gasteiger partial charge in [0.05, 0.1) is 0 Å². The summed E-state index contributed by atoms with van der Waals surface area (Å²) in [5, 5.41) is 2.86. The molecule has 1 aliphatic rings. The van der Waals surface area contributed by atoms with Crippen molar-refractivity contribution in [3.05, 3.63) is 53.1 Å². The Hall–Kier alpha value is -1.53. The number of hydrogen-bond donors (Lipinski definition) is 1. The van der Waals surface area contributed by atoms with Gasteiger partial charge in [0, 0.05) is 23.7 Å². The molecule has 1 fully saturated rings. The third kappa shape index (κ3) is 4.72. The van der Waals surface area contributed by atoms with E-state index in [4.69, 9.17) is 0 Å². The number of carbonyl (C=O) groups is 1. The van der Waals surface area contributed by atoms with E-state index in [0.717, 1.165) is 25.3 Å². The summed E-state index contributed by atoms with van der Waals surface area (Å²) in [6.07, 6.45) is 1.05. The summed E-state index contributed by atoms with van der Waals surface area (Å²) in [4.78, 5) is 19.7. The molecule has 0 saturated carbocycles. The summed E-state index contributed by atoms with van der Waals surface area (Å²) < 4.78 is 0.717. The highest BCUT2D eigenvalue weighted by Gasteiger charge is 2.26. The van der Waals surface area contributed by atoms with E-state index in [1.807, 2.05) is 34.9 Å². The lowest BCUT2D eigenvalue weighted by molar-refractivity contribution is 0.221. The van der Waals surface area contributed by atoms with Gasteiger partial charge in [0.1, 0.15) is 10.4 Å². The summed E-state index contributed by atoms with van der Waals surface area (Å²) >= 11 is 5.17. The Morgan fingerprint density at radius 2 is 2.09 bits per heavy atom. The average Bonchev–Trinajstić information content (AvgIpc) is 3.03. The van der Waals surface area contributed by atoms with Crippen molar-refractivity contribution in [3.63, 3.8) is 0 Å². The zero-order valence-electron chi connectivity index (χ0n) is 12.6. The third-order valence-electron chi connectivity index (χ3n) is 3.75. The maximum Gasteiger partial charge on any atom is 0.323 e. The van der Waals surface area contributed by atoms with Gasteiger partial charge in [-0.05, 0) is 52.5 Å². The van der Waals surface area contributed by atoms with Crippen LogP contribution in [0, 0.1) is 5.92 Å². The summed E-state index contributed by atoms with van der Waals surface area (Å²) in [6, 6.07) is 15.8. The number of nitrogens with zero attached hydrogens (tertiary/aromatic N) is 2. The van der Waals surface area contributed by atoms with Gasteiger partial charge in [-0.2, -0.15) is 0 Å². The van der Waals surface area contributed by atoms with Crippen LogP contribution in [0.1, 0.15) is 6.42 Å². The van der Waals surface area contributed by atoms with E-state index in [1.165, 1.54) is 4.90 Å². The topological polar surface area (TPSA) is 45.2 Å². The molecule has 0 unspecified atom stereocenters. The molecule has 3 rings (SSSR count). The zero-order valence-corrected chi connectivity index (χ0v) is 15.0. The minimum absolute atomic E-state index is 0.0668. The number of urea groups is 1. The van der Waals surface area contributed by atoms with Gasteiger partial charge in [0.25, 0.3) is 0 Å². The first kappa shape index (κ1) is 16.3. The van der Waals surface area contributed by atoms with Crippen LogP contribution in [0.3, 0.4) is 0 Å². The third-order valence-corrected chi connectivity index (χ3v) is 5.44. The number of anilines is 1. The highest BCUT2D eigenvalue weighted by Crippen LogP contribution is 2.26. The van der Waals surface area contributed by atoms with Crippen LogP contribution in [0.25, 0.3) is 0 Å². The van der Waals surface area contributed by atoms with E-state index in [1.54, 1.807) is 6.07 Å². The lowest BCUT2D eigenvalue weighted by Crippen LogP contribution is -2.33. The van der Waals surface area contributed by atoms with Crippen molar-refractivity contribution in [1.29, 1.82) is 0 Å². The number of rotatable bonds is 4. The molecule has 2 amide bonds. The predicted octanol–water partition coefficient (Wildman–Crippen LogP) is 4.49. The molecule has 2 aromatic rings. The van der Waals surface area contributed by atoms with Gasteiger partial charge in [-0.3, -0.25) is 5.32 Å². The highest BCUT2D eigenvalue weighted by molar-refractivity contribution is 9.10. The van der Waals surface area contributed by atoms with Gasteiger partial charge in [0.2, 0.25) is 0 Å². The molecular weight excluding hydrogens is 374 g/mol. The molecule has 1 aromatic carbocycles. The Morgan fingerprint density at radius 1 is 1.26 bits per heavy atom. The second-order valence-electron chi connectivity index (χ2n) is 5.50. The van der Waals surface area contributed by atoms with E-state index in [2.05, 4.69) is 50.5 Å². The summed E-state index contributed by atoms with van der Waals surface area (Å²) in [5.74, 6) is 2.16. The van der Waals surface area contributed by atoms with E-state index in [0.29, 0.717) is 16.3 Å². The minimum atomic E-state index is -0.0668. The van der Waals surface area contributed by atoms with Crippen LogP contribution in [0.15, 0.2) is 58.0 Å². The lowest BCUT2D eigenvalue weighted by atomic mass is 10.2. The smallest absolute Gasteiger partial charge is 0.323 e. The van der Waals surface area contributed by atoms with Crippen molar-refractivity contribution in [2.75, 3.05) is 24.2 Å². The summed E-state index contributed by atoms with van der Waals surface area (Å²) in [7, 11) is 0. The summed E-state index contributed by atoms with van der Waals surface area (Å²) in [5.41, 5.74) is 0. The molecule has 1 aromatic heterocycles. The van der Waals surface area contributed by atoms with Crippen LogP contribution < -0.4 is 5.32 Å². The van der Waals surface area contributed by atoms with Gasteiger partial charge in [0.15, 0.2) is 0 Å². The molecule has 0 radical (unpaired) electrons. The van der Waals surface area contributed by atoms with Crippen LogP contribution >= 0.6 is 27.7 Å². The second-order valence-corrected chi connectivity index (χ2v) is 7.41. The molecule has 1 atom stereocenters. The van der Waals surface area contributed by atoms with Gasteiger partial charge >= 0.3 is 6.03 Å². The molecule has 1 aliphatic heterocycles. The van der Waals surface area contributed by atoms with E-state index < -0.39 is 0 Å². The first-order chi connectivity index (χ1) is 11.2. The Morgan fingerprint density at radius 3 is 2.87 bits per heavy atom. The van der Waals surface area contributed by atoms with E-state index >= 15 is 0 Å². The molecule has 1 N–H and O–H groups in total. The average molecular weight is 392 g/mol.